The van der Waals surface area contributed by atoms with Crippen LogP contribution in [0.1, 0.15) is 43.2 Å². The predicted octanol–water partition coefficient (Wildman–Crippen LogP) is 4.55. The fourth-order valence-electron chi connectivity index (χ4n) is 5.59. The van der Waals surface area contributed by atoms with Crippen LogP contribution in [0.4, 0.5) is 10.1 Å². The molecule has 5 heteroatoms. The quantitative estimate of drug-likeness (QED) is 0.647. The molecule has 2 unspecified atom stereocenters. The highest BCUT2D eigenvalue weighted by Crippen LogP contribution is 2.36. The summed E-state index contributed by atoms with van der Waals surface area (Å²) < 4.78 is 14.2. The highest BCUT2D eigenvalue weighted by atomic mass is 19.1. The molecule has 2 heterocycles. The number of aryl methyl sites for hydroxylation is 1. The molecule has 5 rings (SSSR count). The highest BCUT2D eigenvalue weighted by molar-refractivity contribution is 5.79. The Morgan fingerprint density at radius 3 is 2.36 bits per heavy atom. The van der Waals surface area contributed by atoms with Crippen LogP contribution in [0.25, 0.3) is 0 Å². The monoisotopic (exact) mass is 449 g/mol. The van der Waals surface area contributed by atoms with Gasteiger partial charge in [-0.05, 0) is 60.8 Å². The van der Waals surface area contributed by atoms with Gasteiger partial charge in [-0.3, -0.25) is 4.79 Å². The fraction of sp³-hybridized carbons (Fsp3) is 0.536. The van der Waals surface area contributed by atoms with Gasteiger partial charge in [0.2, 0.25) is 5.91 Å². The molecule has 33 heavy (non-hydrogen) atoms. The third kappa shape index (κ3) is 5.24. The van der Waals surface area contributed by atoms with Crippen molar-refractivity contribution in [1.29, 1.82) is 0 Å². The second-order valence-corrected chi connectivity index (χ2v) is 10.2. The lowest BCUT2D eigenvalue weighted by atomic mass is 9.83. The van der Waals surface area contributed by atoms with Crippen LogP contribution < -0.4 is 4.90 Å². The average Bonchev–Trinajstić information content (AvgIpc) is 3.68. The summed E-state index contributed by atoms with van der Waals surface area (Å²) in [5, 5.41) is 0. The number of piperidine rings is 1. The molecule has 0 radical (unpaired) electrons. The molecule has 2 saturated heterocycles. The molecule has 1 amide bonds. The number of nitrogens with zero attached hydrogens (tertiary/aromatic N) is 3. The molecule has 0 spiro atoms. The maximum atomic E-state index is 14.2. The van der Waals surface area contributed by atoms with Crippen LogP contribution in [0.5, 0.6) is 0 Å². The maximum absolute atomic E-state index is 14.2. The number of para-hydroxylation sites is 1. The molecule has 2 aliphatic heterocycles. The number of anilines is 1. The van der Waals surface area contributed by atoms with Crippen LogP contribution in [0.2, 0.25) is 0 Å². The first-order valence-electron chi connectivity index (χ1n) is 12.7. The zero-order valence-electron chi connectivity index (χ0n) is 19.8. The van der Waals surface area contributed by atoms with Crippen molar-refractivity contribution in [3.8, 4) is 0 Å². The first kappa shape index (κ1) is 22.4. The van der Waals surface area contributed by atoms with E-state index in [1.165, 1.54) is 30.0 Å². The van der Waals surface area contributed by atoms with Crippen molar-refractivity contribution >= 4 is 11.6 Å². The van der Waals surface area contributed by atoms with Gasteiger partial charge >= 0.3 is 0 Å². The van der Waals surface area contributed by atoms with E-state index in [0.717, 1.165) is 38.4 Å². The zero-order chi connectivity index (χ0) is 22.8. The van der Waals surface area contributed by atoms with Crippen molar-refractivity contribution in [3.05, 3.63) is 65.5 Å². The molecule has 0 bridgehead atoms. The summed E-state index contributed by atoms with van der Waals surface area (Å²) >= 11 is 0. The van der Waals surface area contributed by atoms with Crippen LogP contribution in [0.15, 0.2) is 48.5 Å². The molecule has 0 N–H and O–H groups in total. The largest absolute Gasteiger partial charge is 0.366 e. The summed E-state index contributed by atoms with van der Waals surface area (Å²) in [4.78, 5) is 20.2. The van der Waals surface area contributed by atoms with Crippen LogP contribution >= 0.6 is 0 Å². The van der Waals surface area contributed by atoms with Gasteiger partial charge in [0.05, 0.1) is 11.6 Å². The third-order valence-electron chi connectivity index (χ3n) is 7.73. The Hall–Kier alpha value is -2.40. The molecule has 176 valence electrons. The lowest BCUT2D eigenvalue weighted by Crippen LogP contribution is -2.53. The van der Waals surface area contributed by atoms with Gasteiger partial charge in [0.25, 0.3) is 0 Å². The molecule has 1 saturated carbocycles. The van der Waals surface area contributed by atoms with Crippen molar-refractivity contribution in [2.75, 3.05) is 50.7 Å². The smallest absolute Gasteiger partial charge is 0.227 e. The summed E-state index contributed by atoms with van der Waals surface area (Å²) in [6.45, 7) is 7.98. The summed E-state index contributed by atoms with van der Waals surface area (Å²) in [6, 6.07) is 16.0. The number of benzene rings is 2. The summed E-state index contributed by atoms with van der Waals surface area (Å²) in [5.41, 5.74) is 3.38. The molecule has 4 nitrogen and oxygen atoms in total. The highest BCUT2D eigenvalue weighted by Gasteiger charge is 2.37. The lowest BCUT2D eigenvalue weighted by molar-refractivity contribution is -0.138. The Kier molecular flexibility index (Phi) is 6.68. The Balaban J connectivity index is 1.25. The first-order chi connectivity index (χ1) is 16.1. The van der Waals surface area contributed by atoms with E-state index in [1.54, 1.807) is 6.07 Å². The van der Waals surface area contributed by atoms with Gasteiger partial charge < -0.3 is 14.7 Å². The van der Waals surface area contributed by atoms with Gasteiger partial charge in [0.1, 0.15) is 5.82 Å². The second-order valence-electron chi connectivity index (χ2n) is 10.2. The lowest BCUT2D eigenvalue weighted by Gasteiger charge is -2.42. The van der Waals surface area contributed by atoms with Crippen LogP contribution in [-0.4, -0.2) is 61.5 Å². The van der Waals surface area contributed by atoms with Gasteiger partial charge in [0.15, 0.2) is 0 Å². The van der Waals surface area contributed by atoms with Crippen LogP contribution in [-0.2, 0) is 11.2 Å². The number of hydrogen-bond acceptors (Lipinski definition) is 3. The first-order valence-corrected chi connectivity index (χ1v) is 12.7. The van der Waals surface area contributed by atoms with E-state index in [0.29, 0.717) is 43.7 Å². The summed E-state index contributed by atoms with van der Waals surface area (Å²) in [5.74, 6) is 1.40. The molecule has 1 aliphatic carbocycles. The van der Waals surface area contributed by atoms with E-state index < -0.39 is 0 Å². The van der Waals surface area contributed by atoms with E-state index >= 15 is 0 Å². The molecule has 3 aliphatic rings. The van der Waals surface area contributed by atoms with Gasteiger partial charge in [0, 0.05) is 45.8 Å². The van der Waals surface area contributed by atoms with E-state index in [1.807, 2.05) is 17.0 Å². The van der Waals surface area contributed by atoms with Gasteiger partial charge in [-0.1, -0.05) is 43.3 Å². The molecule has 2 aromatic carbocycles. The number of hydrogen-bond donors (Lipinski definition) is 0. The van der Waals surface area contributed by atoms with Crippen molar-refractivity contribution < 1.29 is 9.18 Å². The summed E-state index contributed by atoms with van der Waals surface area (Å²) in [7, 11) is 0. The molecular weight excluding hydrogens is 413 g/mol. The predicted molar refractivity (Wildman–Crippen MR) is 131 cm³/mol. The number of carbonyl (C=O) groups excluding carboxylic acids is 1. The van der Waals surface area contributed by atoms with E-state index in [-0.39, 0.29) is 11.7 Å². The third-order valence-corrected chi connectivity index (χ3v) is 7.73. The van der Waals surface area contributed by atoms with Crippen molar-refractivity contribution in [2.24, 2.45) is 11.8 Å². The van der Waals surface area contributed by atoms with Crippen molar-refractivity contribution in [2.45, 2.75) is 38.5 Å². The maximum Gasteiger partial charge on any atom is 0.227 e. The zero-order valence-corrected chi connectivity index (χ0v) is 19.8. The Labute approximate surface area is 197 Å². The topological polar surface area (TPSA) is 26.8 Å². The number of amides is 1. The van der Waals surface area contributed by atoms with Crippen molar-refractivity contribution in [1.82, 2.24) is 9.80 Å². The van der Waals surface area contributed by atoms with Gasteiger partial charge in [-0.15, -0.1) is 0 Å². The molecular formula is C28H36FN3O. The van der Waals surface area contributed by atoms with Gasteiger partial charge in [-0.25, -0.2) is 4.39 Å². The molecule has 0 aromatic heterocycles. The van der Waals surface area contributed by atoms with E-state index in [9.17, 15) is 9.18 Å². The number of carbonyl (C=O) groups is 1. The molecule has 2 atom stereocenters. The average molecular weight is 450 g/mol. The fourth-order valence-corrected chi connectivity index (χ4v) is 5.59. The molecule has 3 fully saturated rings. The van der Waals surface area contributed by atoms with E-state index in [4.69, 9.17) is 0 Å². The van der Waals surface area contributed by atoms with E-state index in [2.05, 4.69) is 41.0 Å². The van der Waals surface area contributed by atoms with Crippen LogP contribution in [0.3, 0.4) is 0 Å². The minimum absolute atomic E-state index is 0.0494. The number of rotatable bonds is 6. The standard InChI is InChI=1S/C28H36FN3O/c1-2-21-9-11-23(12-10-21)24-17-25(20-30(19-24)18-22-7-8-22)28(33)32-15-13-31(14-16-32)27-6-4-3-5-26(27)29/h3-6,9-12,22,24-25H,2,7-8,13-20H2,1H3. The van der Waals surface area contributed by atoms with Gasteiger partial charge in [-0.2, -0.15) is 0 Å². The minimum Gasteiger partial charge on any atom is -0.366 e. The van der Waals surface area contributed by atoms with Crippen molar-refractivity contribution in [3.63, 3.8) is 0 Å². The molecule has 2 aromatic rings. The Morgan fingerprint density at radius 2 is 1.70 bits per heavy atom. The minimum atomic E-state index is -0.183. The number of piperazine rings is 1. The Morgan fingerprint density at radius 1 is 0.970 bits per heavy atom. The Bertz CT molecular complexity index is 950. The number of halogens is 1. The summed E-state index contributed by atoms with van der Waals surface area (Å²) in [6.07, 6.45) is 4.66. The normalized spacial score (nSPS) is 24.2. The second kappa shape index (κ2) is 9.84. The number of likely N-dealkylation sites (tertiary alicyclic amines) is 1. The van der Waals surface area contributed by atoms with Crippen LogP contribution in [0, 0.1) is 17.7 Å². The SMILES string of the molecule is CCc1ccc(C2CC(C(=O)N3CCN(c4ccccc4F)CC3)CN(CC3CC3)C2)cc1.